The van der Waals surface area contributed by atoms with Crippen molar-refractivity contribution in [1.29, 1.82) is 0 Å². The largest absolute Gasteiger partial charge is 0.411 e. The van der Waals surface area contributed by atoms with Gasteiger partial charge in [0.25, 0.3) is 0 Å². The summed E-state index contributed by atoms with van der Waals surface area (Å²) in [5.74, 6) is 0. The van der Waals surface area contributed by atoms with Crippen molar-refractivity contribution in [2.75, 3.05) is 0 Å². The zero-order valence-corrected chi connectivity index (χ0v) is 10.6. The molecule has 0 aromatic heterocycles. The third-order valence-corrected chi connectivity index (χ3v) is 0. The Balaban J connectivity index is -0.0000000800. The van der Waals surface area contributed by atoms with Crippen LogP contribution in [0.5, 0.6) is 0 Å². The molecule has 2 nitrogen and oxygen atoms in total. The first-order valence-electron chi connectivity index (χ1n) is 1.45. The van der Waals surface area contributed by atoms with Crippen LogP contribution in [0.25, 0.3) is 0 Å². The van der Waals surface area contributed by atoms with Gasteiger partial charge in [0.2, 0.25) is 0 Å². The van der Waals surface area contributed by atoms with E-state index in [-0.39, 0.29) is 40.8 Å². The fourth-order valence-corrected chi connectivity index (χ4v) is 0. The van der Waals surface area contributed by atoms with Gasteiger partial charge in [0.1, 0.15) is 0 Å². The van der Waals surface area contributed by atoms with Gasteiger partial charge in [-0.25, -0.2) is 0 Å². The van der Waals surface area contributed by atoms with Gasteiger partial charge in [-0.15, -0.1) is 0 Å². The first-order valence-corrected chi connectivity index (χ1v) is 4.34. The molecule has 0 heterocycles. The molecule has 46 valence electrons. The molecule has 5 heteroatoms. The molecule has 7 heavy (non-hydrogen) atoms. The molecule has 2 radical (unpaired) electrons. The second-order valence-corrected chi connectivity index (χ2v) is 4.48. The molecule has 2 N–H and O–H groups in total. The van der Waals surface area contributed by atoms with Crippen molar-refractivity contribution in [3.63, 3.8) is 0 Å². The van der Waals surface area contributed by atoms with Crippen LogP contribution in [0.3, 0.4) is 0 Å². The smallest absolute Gasteiger partial charge is 0.326 e. The first-order chi connectivity index (χ1) is 2.00. The minimum atomic E-state index is -2.61. The van der Waals surface area contributed by atoms with Crippen molar-refractivity contribution in [1.82, 2.24) is 0 Å². The van der Waals surface area contributed by atoms with E-state index in [1.165, 1.54) is 13.1 Å². The van der Waals surface area contributed by atoms with E-state index in [4.69, 9.17) is 9.59 Å². The Morgan fingerprint density at radius 2 is 1.00 bits per heavy atom. The number of rotatable bonds is 0. The van der Waals surface area contributed by atoms with Gasteiger partial charge in [0, 0.05) is 40.8 Å². The summed E-state index contributed by atoms with van der Waals surface area (Å²) < 4.78 is 0. The van der Waals surface area contributed by atoms with E-state index in [1.807, 2.05) is 0 Å². The summed E-state index contributed by atoms with van der Waals surface area (Å²) in [5.41, 5.74) is 0. The Morgan fingerprint density at radius 1 is 1.00 bits per heavy atom. The van der Waals surface area contributed by atoms with Crippen LogP contribution in [0.1, 0.15) is 0 Å². The fraction of sp³-hybridized carbons (Fsp3) is 1.00. The fourth-order valence-electron chi connectivity index (χ4n) is 0. The van der Waals surface area contributed by atoms with E-state index in [0.717, 1.165) is 0 Å². The zero-order valence-electron chi connectivity index (χ0n) is 4.15. The van der Waals surface area contributed by atoms with Crippen LogP contribution in [-0.4, -0.2) is 18.2 Å². The summed E-state index contributed by atoms with van der Waals surface area (Å²) in [4.78, 5) is 16.4. The normalized spacial score (nSPS) is 8.57. The van der Waals surface area contributed by atoms with Crippen LogP contribution in [-0.2, 0) is 40.8 Å². The Kier molecular flexibility index (Phi) is 12.6. The topological polar surface area (TPSA) is 40.5 Å². The SMILES string of the molecule is C[Si](C)(O)O.[Re].[Re]. The van der Waals surface area contributed by atoms with Gasteiger partial charge >= 0.3 is 8.56 Å². The molecule has 0 aromatic carbocycles. The maximum Gasteiger partial charge on any atom is 0.326 e. The van der Waals surface area contributed by atoms with Crippen LogP contribution < -0.4 is 0 Å². The molecule has 0 rings (SSSR count). The van der Waals surface area contributed by atoms with E-state index in [2.05, 4.69) is 0 Å². The summed E-state index contributed by atoms with van der Waals surface area (Å²) in [6.07, 6.45) is 0. The molecule has 0 unspecified atom stereocenters. The Morgan fingerprint density at radius 3 is 1.00 bits per heavy atom. The summed E-state index contributed by atoms with van der Waals surface area (Å²) >= 11 is 0. The van der Waals surface area contributed by atoms with Gasteiger partial charge in [-0.2, -0.15) is 0 Å². The first kappa shape index (κ1) is 15.8. The summed E-state index contributed by atoms with van der Waals surface area (Å²) in [6, 6.07) is 0. The van der Waals surface area contributed by atoms with Crippen LogP contribution >= 0.6 is 0 Å². The average molecular weight is 465 g/mol. The Hall–Kier alpha value is 1.46. The van der Waals surface area contributed by atoms with E-state index in [9.17, 15) is 0 Å². The second kappa shape index (κ2) is 5.60. The molecule has 0 aliphatic heterocycles. The standard InChI is InChI=1S/C2H8O2Si.2Re/c1-5(2,3)4;;/h3-4H,1-2H3;;. The minimum Gasteiger partial charge on any atom is -0.411 e. The van der Waals surface area contributed by atoms with Crippen molar-refractivity contribution in [2.24, 2.45) is 0 Å². The number of hydrogen-bond acceptors (Lipinski definition) is 2. The van der Waals surface area contributed by atoms with E-state index >= 15 is 0 Å². The van der Waals surface area contributed by atoms with Gasteiger partial charge in [0.15, 0.2) is 0 Å². The van der Waals surface area contributed by atoms with E-state index in [0.29, 0.717) is 0 Å². The quantitative estimate of drug-likeness (QED) is 0.482. The molecule has 0 atom stereocenters. The second-order valence-electron chi connectivity index (χ2n) is 1.49. The average Bonchev–Trinajstić information content (AvgIpc) is 0.722. The van der Waals surface area contributed by atoms with Gasteiger partial charge in [-0.05, 0) is 13.1 Å². The van der Waals surface area contributed by atoms with Crippen LogP contribution in [0.4, 0.5) is 0 Å². The van der Waals surface area contributed by atoms with Gasteiger partial charge in [-0.1, -0.05) is 0 Å². The van der Waals surface area contributed by atoms with E-state index in [1.54, 1.807) is 0 Å². The van der Waals surface area contributed by atoms with Gasteiger partial charge in [-0.3, -0.25) is 0 Å². The minimum absolute atomic E-state index is 0. The molecule has 0 saturated heterocycles. The van der Waals surface area contributed by atoms with Crippen LogP contribution in [0.15, 0.2) is 0 Å². The molecule has 0 fully saturated rings. The van der Waals surface area contributed by atoms with E-state index < -0.39 is 8.56 Å². The van der Waals surface area contributed by atoms with Crippen molar-refractivity contribution in [3.8, 4) is 0 Å². The maximum atomic E-state index is 8.22. The molecule has 0 aromatic rings. The summed E-state index contributed by atoms with van der Waals surface area (Å²) in [5, 5.41) is 0. The monoisotopic (exact) mass is 466 g/mol. The van der Waals surface area contributed by atoms with Gasteiger partial charge < -0.3 is 9.59 Å². The number of hydrogen-bond donors (Lipinski definition) is 2. The molecular weight excluding hydrogens is 457 g/mol. The molecule has 0 aliphatic rings. The Labute approximate surface area is 71.9 Å². The van der Waals surface area contributed by atoms with Gasteiger partial charge in [0.05, 0.1) is 0 Å². The molecule has 0 saturated carbocycles. The van der Waals surface area contributed by atoms with Crippen molar-refractivity contribution >= 4 is 8.56 Å². The van der Waals surface area contributed by atoms with Crippen LogP contribution in [0, 0.1) is 0 Å². The van der Waals surface area contributed by atoms with Crippen molar-refractivity contribution in [2.45, 2.75) is 13.1 Å². The predicted molar refractivity (Wildman–Crippen MR) is 21.9 cm³/mol. The predicted octanol–water partition coefficient (Wildman–Crippen LogP) is -0.332. The third-order valence-electron chi connectivity index (χ3n) is 0. The van der Waals surface area contributed by atoms with Crippen LogP contribution in [0.2, 0.25) is 13.1 Å². The third kappa shape index (κ3) is 104. The van der Waals surface area contributed by atoms with Crippen molar-refractivity contribution < 1.29 is 50.4 Å². The summed E-state index contributed by atoms with van der Waals surface area (Å²) in [7, 11) is -2.61. The molecular formula is C2H8O2Re2Si. The molecule has 0 bridgehead atoms. The molecule has 0 aliphatic carbocycles. The maximum absolute atomic E-state index is 8.22. The zero-order chi connectivity index (χ0) is 4.50. The summed E-state index contributed by atoms with van der Waals surface area (Å²) in [6.45, 7) is 2.88. The molecule has 0 spiro atoms. The molecule has 0 amide bonds. The van der Waals surface area contributed by atoms with Crippen molar-refractivity contribution in [3.05, 3.63) is 0 Å². The Bertz CT molecular complexity index is 29.2.